The molecule has 0 aliphatic carbocycles. The van der Waals surface area contributed by atoms with E-state index in [0.717, 1.165) is 42.8 Å². The molecule has 1 aliphatic rings. The van der Waals surface area contributed by atoms with Gasteiger partial charge in [-0.1, -0.05) is 35.9 Å². The highest BCUT2D eigenvalue weighted by atomic mass is 16.5. The molecule has 1 aromatic heterocycles. The molecule has 1 fully saturated rings. The second kappa shape index (κ2) is 7.22. The first-order valence-electron chi connectivity index (χ1n) is 9.46. The molecule has 1 unspecified atom stereocenters. The zero-order valence-corrected chi connectivity index (χ0v) is 15.8. The number of benzene rings is 2. The fraction of sp³-hybridized carbons (Fsp3) is 0.409. The van der Waals surface area contributed by atoms with Gasteiger partial charge < -0.3 is 14.6 Å². The Kier molecular flexibility index (Phi) is 4.79. The van der Waals surface area contributed by atoms with E-state index in [-0.39, 0.29) is 12.2 Å². The van der Waals surface area contributed by atoms with E-state index in [4.69, 9.17) is 9.72 Å². The molecule has 136 valence electrons. The number of piperidine rings is 1. The van der Waals surface area contributed by atoms with Gasteiger partial charge in [0.2, 0.25) is 0 Å². The lowest BCUT2D eigenvalue weighted by Gasteiger charge is -2.32. The number of imidazole rings is 1. The zero-order chi connectivity index (χ0) is 18.1. The lowest BCUT2D eigenvalue weighted by atomic mass is 9.99. The number of ether oxygens (including phenoxy) is 1. The van der Waals surface area contributed by atoms with E-state index in [1.54, 1.807) is 0 Å². The van der Waals surface area contributed by atoms with Gasteiger partial charge in [-0.05, 0) is 57.0 Å². The molecule has 3 aromatic rings. The van der Waals surface area contributed by atoms with Crippen LogP contribution in [0.2, 0.25) is 0 Å². The van der Waals surface area contributed by atoms with Gasteiger partial charge in [0.05, 0.1) is 17.1 Å². The number of hydrogen-bond donors (Lipinski definition) is 1. The minimum absolute atomic E-state index is 0.156. The first-order valence-corrected chi connectivity index (χ1v) is 9.46. The molecule has 26 heavy (non-hydrogen) atoms. The molecule has 4 nitrogen and oxygen atoms in total. The van der Waals surface area contributed by atoms with Gasteiger partial charge in [0.15, 0.2) is 0 Å². The maximum Gasteiger partial charge on any atom is 0.141 e. The topological polar surface area (TPSA) is 41.1 Å². The Morgan fingerprint density at radius 2 is 1.88 bits per heavy atom. The van der Waals surface area contributed by atoms with Crippen LogP contribution in [-0.2, 0) is 4.74 Å². The summed E-state index contributed by atoms with van der Waals surface area (Å²) in [6, 6.07) is 14.8. The predicted molar refractivity (Wildman–Crippen MR) is 105 cm³/mol. The number of aromatic amines is 1. The quantitative estimate of drug-likeness (QED) is 0.760. The number of para-hydroxylation sites is 2. The lowest BCUT2D eigenvalue weighted by molar-refractivity contribution is -0.0266. The molecule has 2 heterocycles. The smallest absolute Gasteiger partial charge is 0.141 e. The third-order valence-corrected chi connectivity index (χ3v) is 5.36. The van der Waals surface area contributed by atoms with E-state index in [1.165, 1.54) is 16.7 Å². The van der Waals surface area contributed by atoms with Gasteiger partial charge in [-0.3, -0.25) is 0 Å². The van der Waals surface area contributed by atoms with Crippen LogP contribution < -0.4 is 0 Å². The first-order chi connectivity index (χ1) is 12.6. The molecule has 0 spiro atoms. The fourth-order valence-electron chi connectivity index (χ4n) is 3.81. The Morgan fingerprint density at radius 3 is 2.62 bits per heavy atom. The molecule has 1 saturated heterocycles. The Labute approximate surface area is 155 Å². The Balaban J connectivity index is 1.70. The van der Waals surface area contributed by atoms with Crippen LogP contribution >= 0.6 is 0 Å². The summed E-state index contributed by atoms with van der Waals surface area (Å²) in [6.07, 6.45) is 2.25. The predicted octanol–water partition coefficient (Wildman–Crippen LogP) is 4.38. The second-order valence-electron chi connectivity index (χ2n) is 7.52. The number of fused-ring (bicyclic) bond motifs is 1. The van der Waals surface area contributed by atoms with Crippen LogP contribution in [0.25, 0.3) is 11.0 Å². The van der Waals surface area contributed by atoms with Gasteiger partial charge in [0.25, 0.3) is 0 Å². The average Bonchev–Trinajstić information content (AvgIpc) is 3.06. The van der Waals surface area contributed by atoms with Crippen molar-refractivity contribution in [1.29, 1.82) is 0 Å². The molecule has 2 aromatic carbocycles. The third kappa shape index (κ3) is 3.53. The SMILES string of the molecule is Cc1ccc(C(OC2CCN(C)CC2)c2nc3ccccc3[nH]2)c(C)c1. The molecular formula is C22H27N3O. The van der Waals surface area contributed by atoms with Crippen LogP contribution in [0.1, 0.15) is 41.5 Å². The monoisotopic (exact) mass is 349 g/mol. The number of aromatic nitrogens is 2. The number of nitrogens with zero attached hydrogens (tertiary/aromatic N) is 2. The van der Waals surface area contributed by atoms with E-state index >= 15 is 0 Å². The summed E-state index contributed by atoms with van der Waals surface area (Å²) in [7, 11) is 2.18. The minimum atomic E-state index is -0.156. The number of H-pyrrole nitrogens is 1. The number of nitrogens with one attached hydrogen (secondary N) is 1. The molecule has 0 radical (unpaired) electrons. The Morgan fingerprint density at radius 1 is 1.12 bits per heavy atom. The van der Waals surface area contributed by atoms with E-state index in [2.05, 4.69) is 55.0 Å². The highest BCUT2D eigenvalue weighted by Crippen LogP contribution is 2.32. The van der Waals surface area contributed by atoms with Gasteiger partial charge in [-0.2, -0.15) is 0 Å². The summed E-state index contributed by atoms with van der Waals surface area (Å²) in [5.74, 6) is 0.900. The largest absolute Gasteiger partial charge is 0.362 e. The maximum absolute atomic E-state index is 6.64. The molecule has 0 saturated carbocycles. The van der Waals surface area contributed by atoms with Gasteiger partial charge in [0.1, 0.15) is 11.9 Å². The van der Waals surface area contributed by atoms with Gasteiger partial charge in [0, 0.05) is 13.1 Å². The van der Waals surface area contributed by atoms with Crippen molar-refractivity contribution >= 4 is 11.0 Å². The number of hydrogen-bond acceptors (Lipinski definition) is 3. The Hall–Kier alpha value is -2.17. The number of aryl methyl sites for hydroxylation is 2. The first kappa shape index (κ1) is 17.3. The lowest BCUT2D eigenvalue weighted by Crippen LogP contribution is -2.35. The summed E-state index contributed by atoms with van der Waals surface area (Å²) >= 11 is 0. The summed E-state index contributed by atoms with van der Waals surface area (Å²) < 4.78 is 6.64. The summed E-state index contributed by atoms with van der Waals surface area (Å²) in [5, 5.41) is 0. The Bertz CT molecular complexity index is 860. The minimum Gasteiger partial charge on any atom is -0.362 e. The van der Waals surface area contributed by atoms with Gasteiger partial charge in [-0.15, -0.1) is 0 Å². The van der Waals surface area contributed by atoms with Crippen molar-refractivity contribution in [3.63, 3.8) is 0 Å². The highest BCUT2D eigenvalue weighted by molar-refractivity contribution is 5.74. The van der Waals surface area contributed by atoms with E-state index in [0.29, 0.717) is 0 Å². The van der Waals surface area contributed by atoms with Gasteiger partial charge in [-0.25, -0.2) is 4.98 Å². The molecule has 4 heteroatoms. The van der Waals surface area contributed by atoms with Crippen LogP contribution in [-0.4, -0.2) is 41.1 Å². The molecule has 0 bridgehead atoms. The third-order valence-electron chi connectivity index (χ3n) is 5.36. The van der Waals surface area contributed by atoms with Crippen molar-refractivity contribution in [2.75, 3.05) is 20.1 Å². The van der Waals surface area contributed by atoms with E-state index in [1.807, 2.05) is 18.2 Å². The normalized spacial score (nSPS) is 17.7. The van der Waals surface area contributed by atoms with Crippen molar-refractivity contribution in [2.45, 2.75) is 38.9 Å². The van der Waals surface area contributed by atoms with Crippen LogP contribution in [0.4, 0.5) is 0 Å². The van der Waals surface area contributed by atoms with Crippen molar-refractivity contribution in [3.05, 3.63) is 65.0 Å². The molecule has 4 rings (SSSR count). The van der Waals surface area contributed by atoms with Crippen molar-refractivity contribution in [3.8, 4) is 0 Å². The average molecular weight is 349 g/mol. The molecule has 1 N–H and O–H groups in total. The summed E-state index contributed by atoms with van der Waals surface area (Å²) in [4.78, 5) is 10.7. The van der Waals surface area contributed by atoms with Crippen molar-refractivity contribution in [1.82, 2.24) is 14.9 Å². The van der Waals surface area contributed by atoms with Crippen molar-refractivity contribution < 1.29 is 4.74 Å². The van der Waals surface area contributed by atoms with Crippen LogP contribution in [0.5, 0.6) is 0 Å². The molecule has 1 atom stereocenters. The standard InChI is InChI=1S/C22H27N3O/c1-15-8-9-18(16(2)14-15)21(26-17-10-12-25(3)13-11-17)22-23-19-6-4-5-7-20(19)24-22/h4-9,14,17,21H,10-13H2,1-3H3,(H,23,24). The van der Waals surface area contributed by atoms with Gasteiger partial charge >= 0.3 is 0 Å². The van der Waals surface area contributed by atoms with Crippen LogP contribution in [0.3, 0.4) is 0 Å². The van der Waals surface area contributed by atoms with Crippen LogP contribution in [0, 0.1) is 13.8 Å². The number of likely N-dealkylation sites (tertiary alicyclic amines) is 1. The second-order valence-corrected chi connectivity index (χ2v) is 7.52. The van der Waals surface area contributed by atoms with Crippen LogP contribution in [0.15, 0.2) is 42.5 Å². The zero-order valence-electron chi connectivity index (χ0n) is 15.8. The van der Waals surface area contributed by atoms with Crippen molar-refractivity contribution in [2.24, 2.45) is 0 Å². The summed E-state index contributed by atoms with van der Waals surface area (Å²) in [6.45, 7) is 6.47. The molecule has 0 amide bonds. The van der Waals surface area contributed by atoms with E-state index in [9.17, 15) is 0 Å². The number of rotatable bonds is 4. The summed E-state index contributed by atoms with van der Waals surface area (Å²) in [5.41, 5.74) is 5.78. The highest BCUT2D eigenvalue weighted by Gasteiger charge is 2.26. The van der Waals surface area contributed by atoms with E-state index < -0.39 is 0 Å². The fourth-order valence-corrected chi connectivity index (χ4v) is 3.81. The molecule has 1 aliphatic heterocycles. The molecular weight excluding hydrogens is 322 g/mol. The maximum atomic E-state index is 6.64.